The third-order valence-electron chi connectivity index (χ3n) is 9.49. The van der Waals surface area contributed by atoms with Gasteiger partial charge in [-0.05, 0) is 78.1 Å². The summed E-state index contributed by atoms with van der Waals surface area (Å²) in [6, 6.07) is 12.6. The van der Waals surface area contributed by atoms with Crippen molar-refractivity contribution in [2.45, 2.75) is 77.9 Å². The molecule has 4 N–H and O–H groups in total. The van der Waals surface area contributed by atoms with Crippen LogP contribution in [0.1, 0.15) is 88.1 Å². The molecule has 0 radical (unpaired) electrons. The summed E-state index contributed by atoms with van der Waals surface area (Å²) in [5, 5.41) is 18.6. The van der Waals surface area contributed by atoms with Crippen LogP contribution in [-0.4, -0.2) is 29.0 Å². The van der Waals surface area contributed by atoms with Crippen LogP contribution in [0.2, 0.25) is 5.02 Å². The molecule has 240 valence electrons. The molecule has 1 atom stereocenters. The highest BCUT2D eigenvalue weighted by atomic mass is 35.5. The Labute approximate surface area is 278 Å². The van der Waals surface area contributed by atoms with Crippen LogP contribution in [0.5, 0.6) is 0 Å². The molecule has 2 aromatic carbocycles. The van der Waals surface area contributed by atoms with E-state index < -0.39 is 0 Å². The molecule has 7 nitrogen and oxygen atoms in total. The number of rotatable bonds is 12. The Morgan fingerprint density at radius 1 is 1.33 bits per heavy atom. The van der Waals surface area contributed by atoms with Gasteiger partial charge in [0.2, 0.25) is 0 Å². The van der Waals surface area contributed by atoms with Crippen LogP contribution in [0.25, 0.3) is 17.0 Å². The molecule has 8 heteroatoms. The number of benzene rings is 2. The molecule has 0 spiro atoms. The number of nitriles is 1. The molecule has 2 fully saturated rings. The van der Waals surface area contributed by atoms with Crippen molar-refractivity contribution in [1.29, 1.82) is 5.26 Å². The minimum atomic E-state index is -0.348. The van der Waals surface area contributed by atoms with E-state index in [0.717, 1.165) is 65.4 Å². The lowest BCUT2D eigenvalue weighted by molar-refractivity contribution is 0.443. The maximum Gasteiger partial charge on any atom is 0.103 e. The molecule has 46 heavy (non-hydrogen) atoms. The van der Waals surface area contributed by atoms with Crippen molar-refractivity contribution in [1.82, 2.24) is 15.2 Å². The second kappa shape index (κ2) is 12.2. The van der Waals surface area contributed by atoms with E-state index >= 15 is 0 Å². The Morgan fingerprint density at radius 3 is 2.76 bits per heavy atom. The number of unbranched alkanes of at least 4 members (excludes halogenated alkanes) is 1. The van der Waals surface area contributed by atoms with Gasteiger partial charge in [-0.3, -0.25) is 4.98 Å². The summed E-state index contributed by atoms with van der Waals surface area (Å²) in [4.78, 5) is 9.08. The number of nitrogens with two attached hydrogens (primary N) is 1. The summed E-state index contributed by atoms with van der Waals surface area (Å²) < 4.78 is 0. The van der Waals surface area contributed by atoms with Gasteiger partial charge >= 0.3 is 0 Å². The maximum absolute atomic E-state index is 10.1. The minimum absolute atomic E-state index is 0.00282. The molecule has 2 aliphatic carbocycles. The summed E-state index contributed by atoms with van der Waals surface area (Å²) >= 11 is 7.06. The smallest absolute Gasteiger partial charge is 0.103 e. The number of hydrogen-bond donors (Lipinski definition) is 3. The third-order valence-corrected chi connectivity index (χ3v) is 9.77. The molecule has 3 aliphatic rings. The molecule has 2 heterocycles. The van der Waals surface area contributed by atoms with E-state index in [2.05, 4.69) is 109 Å². The predicted molar refractivity (Wildman–Crippen MR) is 191 cm³/mol. The standard InChI is InChI=1S/C38H46ClN7/c1-7-8-10-24(2)46(28-15-31-34(43-23-37(3,4)5)26(19-40)20-42-35(31)32(39)16-28)36(33(41)21-44-38-17-27(38)18-38)30-12-9-11-25-22-45(6)14-13-29(25)30/h9,11-16,20-21,27,36,44H,2,7-8,10,17-18,22-23,41H2,1,3-6H3,(H,42,43)/b33-21-. The first-order chi connectivity index (χ1) is 21.9. The maximum atomic E-state index is 10.1. The molecule has 1 aliphatic heterocycles. The van der Waals surface area contributed by atoms with Crippen molar-refractivity contribution in [2.75, 3.05) is 23.8 Å². The highest BCUT2D eigenvalue weighted by molar-refractivity contribution is 6.36. The number of fused-ring (bicyclic) bond motifs is 3. The fraction of sp³-hybridized carbons (Fsp3) is 0.421. The number of hydrogen-bond acceptors (Lipinski definition) is 7. The number of pyridine rings is 1. The van der Waals surface area contributed by atoms with Crippen molar-refractivity contribution >= 4 is 40.0 Å². The zero-order valence-electron chi connectivity index (χ0n) is 27.8. The van der Waals surface area contributed by atoms with Gasteiger partial charge in [0.1, 0.15) is 12.1 Å². The minimum Gasteiger partial charge on any atom is -0.399 e. The number of nitrogens with zero attached hydrogens (tertiary/aromatic N) is 4. The number of anilines is 2. The van der Waals surface area contributed by atoms with Gasteiger partial charge in [-0.1, -0.05) is 70.5 Å². The van der Waals surface area contributed by atoms with Crippen LogP contribution in [0.15, 0.2) is 66.9 Å². The van der Waals surface area contributed by atoms with Crippen LogP contribution in [-0.2, 0) is 6.54 Å². The van der Waals surface area contributed by atoms with E-state index in [4.69, 9.17) is 17.3 Å². The fourth-order valence-electron chi connectivity index (χ4n) is 6.48. The number of halogens is 1. The van der Waals surface area contributed by atoms with Gasteiger partial charge < -0.3 is 26.2 Å². The van der Waals surface area contributed by atoms with Crippen LogP contribution in [0.3, 0.4) is 0 Å². The predicted octanol–water partition coefficient (Wildman–Crippen LogP) is 8.44. The topological polar surface area (TPSA) is 93.2 Å². The SMILES string of the molecule is C=C(CCCC)N(c1cc(Cl)c2ncc(C#N)c(NCC(C)(C)C)c2c1)C(/C(N)=C/NC12CC1C2)c1cccc2c1C=CN(C)C2. The fourth-order valence-corrected chi connectivity index (χ4v) is 6.74. The molecule has 1 unspecified atom stereocenters. The van der Waals surface area contributed by atoms with Crippen LogP contribution in [0, 0.1) is 22.7 Å². The highest BCUT2D eigenvalue weighted by Crippen LogP contribution is 2.66. The average molecular weight is 636 g/mol. The Balaban J connectivity index is 1.55. The van der Waals surface area contributed by atoms with Crippen molar-refractivity contribution in [2.24, 2.45) is 17.1 Å². The summed E-state index contributed by atoms with van der Waals surface area (Å²) in [5.41, 5.74) is 15.3. The van der Waals surface area contributed by atoms with Crippen molar-refractivity contribution in [3.63, 3.8) is 0 Å². The normalized spacial score (nSPS) is 20.4. The van der Waals surface area contributed by atoms with E-state index in [1.807, 2.05) is 12.3 Å². The largest absolute Gasteiger partial charge is 0.399 e. The Bertz CT molecular complexity index is 1770. The summed E-state index contributed by atoms with van der Waals surface area (Å²) in [5.74, 6) is 0.772. The van der Waals surface area contributed by atoms with E-state index in [1.165, 1.54) is 24.0 Å². The van der Waals surface area contributed by atoms with Gasteiger partial charge in [0.05, 0.1) is 27.5 Å². The Morgan fingerprint density at radius 2 is 2.09 bits per heavy atom. The van der Waals surface area contributed by atoms with Gasteiger partial charge in [-0.25, -0.2) is 0 Å². The lowest BCUT2D eigenvalue weighted by Crippen LogP contribution is -2.34. The highest BCUT2D eigenvalue weighted by Gasteiger charge is 2.69. The first kappa shape index (κ1) is 31.8. The van der Waals surface area contributed by atoms with Crippen molar-refractivity contribution in [3.05, 3.63) is 94.2 Å². The first-order valence-corrected chi connectivity index (χ1v) is 16.8. The molecular weight excluding hydrogens is 590 g/mol. The van der Waals surface area contributed by atoms with Gasteiger partial charge in [0.25, 0.3) is 0 Å². The van der Waals surface area contributed by atoms with Crippen LogP contribution >= 0.6 is 11.6 Å². The van der Waals surface area contributed by atoms with Gasteiger partial charge in [-0.15, -0.1) is 0 Å². The van der Waals surface area contributed by atoms with Gasteiger partial charge in [0.15, 0.2) is 0 Å². The molecule has 0 bridgehead atoms. The number of nitrogens with one attached hydrogen (secondary N) is 2. The van der Waals surface area contributed by atoms with E-state index in [9.17, 15) is 5.26 Å². The third kappa shape index (κ3) is 6.28. The summed E-state index contributed by atoms with van der Waals surface area (Å²) in [6.07, 6.45) is 13.2. The van der Waals surface area contributed by atoms with E-state index in [-0.39, 0.29) is 17.0 Å². The number of allylic oxidation sites excluding steroid dienone is 1. The van der Waals surface area contributed by atoms with Gasteiger partial charge in [-0.2, -0.15) is 5.26 Å². The quantitative estimate of drug-likeness (QED) is 0.184. The summed E-state index contributed by atoms with van der Waals surface area (Å²) in [6.45, 7) is 14.8. The molecule has 3 aromatic rings. The Hall–Kier alpha value is -4.15. The number of aromatic nitrogens is 1. The zero-order valence-corrected chi connectivity index (χ0v) is 28.5. The van der Waals surface area contributed by atoms with Crippen LogP contribution in [0.4, 0.5) is 11.4 Å². The average Bonchev–Trinajstić information content (AvgIpc) is 3.90. The first-order valence-electron chi connectivity index (χ1n) is 16.4. The zero-order chi connectivity index (χ0) is 32.8. The van der Waals surface area contributed by atoms with Crippen molar-refractivity contribution < 1.29 is 0 Å². The second-order valence-electron chi connectivity index (χ2n) is 14.5. The molecule has 0 saturated heterocycles. The molecule has 0 amide bonds. The molecule has 2 saturated carbocycles. The molecular formula is C38H46ClN7. The molecule has 6 rings (SSSR count). The summed E-state index contributed by atoms with van der Waals surface area (Å²) in [7, 11) is 2.09. The lowest BCUT2D eigenvalue weighted by atomic mass is 9.90. The lowest BCUT2D eigenvalue weighted by Gasteiger charge is -2.38. The second-order valence-corrected chi connectivity index (χ2v) is 14.9. The van der Waals surface area contributed by atoms with E-state index in [0.29, 0.717) is 22.6 Å². The molecule has 1 aromatic heterocycles. The van der Waals surface area contributed by atoms with Crippen molar-refractivity contribution in [3.8, 4) is 6.07 Å². The van der Waals surface area contributed by atoms with Crippen LogP contribution < -0.4 is 21.3 Å². The van der Waals surface area contributed by atoms with E-state index in [1.54, 1.807) is 6.20 Å². The van der Waals surface area contributed by atoms with Gasteiger partial charge in [0, 0.05) is 54.8 Å². The Kier molecular flexibility index (Phi) is 8.45. The monoisotopic (exact) mass is 635 g/mol.